The molecule has 2 rings (SSSR count). The fraction of sp³-hybridized carbons (Fsp3) is 0.273. The summed E-state index contributed by atoms with van der Waals surface area (Å²) in [6, 6.07) is 2.20. The van der Waals surface area contributed by atoms with Crippen LogP contribution < -0.4 is 15.2 Å². The van der Waals surface area contributed by atoms with E-state index < -0.39 is 28.6 Å². The van der Waals surface area contributed by atoms with Crippen LogP contribution in [0.2, 0.25) is 0 Å². The molecule has 0 bridgehead atoms. The molecule has 0 saturated heterocycles. The molecule has 1 aliphatic heterocycles. The molecule has 2 N–H and O–H groups in total. The summed E-state index contributed by atoms with van der Waals surface area (Å²) >= 11 is 0. The summed E-state index contributed by atoms with van der Waals surface area (Å²) in [7, 11) is 0. The van der Waals surface area contributed by atoms with Crippen LogP contribution in [0.15, 0.2) is 12.1 Å². The molecule has 0 aromatic heterocycles. The van der Waals surface area contributed by atoms with E-state index in [1.807, 2.05) is 0 Å². The standard InChI is InChI=1S/C11H10N2O7/c1-5(10(12)14)20-11(15)6-2-8-9(19-4-18-8)3-7(6)13(16)17/h2-3,5H,4H2,1H3,(H2,12,14)/t5-/m0/s1. The molecular formula is C11H10N2O7. The molecular weight excluding hydrogens is 272 g/mol. The Balaban J connectivity index is 2.37. The lowest BCUT2D eigenvalue weighted by Crippen LogP contribution is -2.30. The molecule has 9 nitrogen and oxygen atoms in total. The van der Waals surface area contributed by atoms with E-state index in [4.69, 9.17) is 19.9 Å². The molecule has 106 valence electrons. The Morgan fingerprint density at radius 1 is 1.40 bits per heavy atom. The zero-order valence-electron chi connectivity index (χ0n) is 10.3. The molecule has 0 saturated carbocycles. The minimum absolute atomic E-state index is 0.0946. The third-order valence-electron chi connectivity index (χ3n) is 2.59. The van der Waals surface area contributed by atoms with Crippen molar-refractivity contribution in [2.45, 2.75) is 13.0 Å². The molecule has 1 aromatic carbocycles. The van der Waals surface area contributed by atoms with Crippen LogP contribution in [0, 0.1) is 10.1 Å². The van der Waals surface area contributed by atoms with Gasteiger partial charge in [-0.05, 0) is 6.92 Å². The third-order valence-corrected chi connectivity index (χ3v) is 2.59. The fourth-order valence-corrected chi connectivity index (χ4v) is 1.53. The van der Waals surface area contributed by atoms with E-state index in [9.17, 15) is 19.7 Å². The summed E-state index contributed by atoms with van der Waals surface area (Å²) in [5.41, 5.74) is 4.11. The van der Waals surface area contributed by atoms with Crippen molar-refractivity contribution < 1.29 is 28.7 Å². The van der Waals surface area contributed by atoms with Crippen molar-refractivity contribution >= 4 is 17.6 Å². The summed E-state index contributed by atoms with van der Waals surface area (Å²) in [4.78, 5) is 32.9. The molecule has 1 aliphatic rings. The van der Waals surface area contributed by atoms with Crippen molar-refractivity contribution in [2.24, 2.45) is 5.73 Å². The number of nitrogens with two attached hydrogens (primary N) is 1. The first kappa shape index (κ1) is 13.6. The smallest absolute Gasteiger partial charge is 0.346 e. The number of rotatable bonds is 4. The van der Waals surface area contributed by atoms with Crippen LogP contribution in [-0.4, -0.2) is 29.7 Å². The quantitative estimate of drug-likeness (QED) is 0.479. The number of hydrogen-bond acceptors (Lipinski definition) is 7. The van der Waals surface area contributed by atoms with Crippen molar-refractivity contribution in [3.8, 4) is 11.5 Å². The molecule has 0 aliphatic carbocycles. The molecule has 0 fully saturated rings. The van der Waals surface area contributed by atoms with Crippen LogP contribution in [0.5, 0.6) is 11.5 Å². The molecule has 1 atom stereocenters. The van der Waals surface area contributed by atoms with Crippen LogP contribution in [0.4, 0.5) is 5.69 Å². The minimum atomic E-state index is -1.20. The van der Waals surface area contributed by atoms with Gasteiger partial charge in [0.15, 0.2) is 17.6 Å². The number of nitro groups is 1. The molecule has 9 heteroatoms. The van der Waals surface area contributed by atoms with Gasteiger partial charge in [-0.1, -0.05) is 0 Å². The molecule has 1 heterocycles. The average Bonchev–Trinajstić information content (AvgIpc) is 2.83. The van der Waals surface area contributed by atoms with Crippen LogP contribution in [-0.2, 0) is 9.53 Å². The van der Waals surface area contributed by atoms with Gasteiger partial charge in [-0.2, -0.15) is 0 Å². The molecule has 0 radical (unpaired) electrons. The third kappa shape index (κ3) is 2.46. The van der Waals surface area contributed by atoms with Gasteiger partial charge in [0, 0.05) is 6.07 Å². The van der Waals surface area contributed by atoms with Gasteiger partial charge in [0.2, 0.25) is 6.79 Å². The lowest BCUT2D eigenvalue weighted by molar-refractivity contribution is -0.385. The van der Waals surface area contributed by atoms with Crippen molar-refractivity contribution in [3.05, 3.63) is 27.8 Å². The van der Waals surface area contributed by atoms with Gasteiger partial charge in [-0.25, -0.2) is 4.79 Å². The van der Waals surface area contributed by atoms with Crippen molar-refractivity contribution in [1.82, 2.24) is 0 Å². The van der Waals surface area contributed by atoms with Gasteiger partial charge in [0.05, 0.1) is 11.0 Å². The Morgan fingerprint density at radius 3 is 2.55 bits per heavy atom. The van der Waals surface area contributed by atoms with Gasteiger partial charge in [0.1, 0.15) is 5.56 Å². The lowest BCUT2D eigenvalue weighted by Gasteiger charge is -2.10. The average molecular weight is 282 g/mol. The van der Waals surface area contributed by atoms with Crippen LogP contribution in [0.1, 0.15) is 17.3 Å². The van der Waals surface area contributed by atoms with Gasteiger partial charge in [-0.3, -0.25) is 14.9 Å². The van der Waals surface area contributed by atoms with E-state index in [1.165, 1.54) is 6.92 Å². The summed E-state index contributed by atoms with van der Waals surface area (Å²) in [5, 5.41) is 11.0. The zero-order valence-corrected chi connectivity index (χ0v) is 10.3. The minimum Gasteiger partial charge on any atom is -0.454 e. The summed E-state index contributed by atoms with van der Waals surface area (Å²) in [6.07, 6.45) is -1.20. The number of carbonyl (C=O) groups is 2. The monoisotopic (exact) mass is 282 g/mol. The fourth-order valence-electron chi connectivity index (χ4n) is 1.53. The SMILES string of the molecule is C[C@H](OC(=O)c1cc2c(cc1[N+](=O)[O-])OCO2)C(N)=O. The Bertz CT molecular complexity index is 599. The largest absolute Gasteiger partial charge is 0.454 e. The van der Waals surface area contributed by atoms with Gasteiger partial charge >= 0.3 is 5.97 Å². The van der Waals surface area contributed by atoms with Crippen molar-refractivity contribution in [2.75, 3.05) is 6.79 Å². The highest BCUT2D eigenvalue weighted by Gasteiger charge is 2.29. The number of nitro benzene ring substituents is 1. The van der Waals surface area contributed by atoms with E-state index in [2.05, 4.69) is 0 Å². The maximum Gasteiger partial charge on any atom is 0.346 e. The van der Waals surface area contributed by atoms with E-state index in [-0.39, 0.29) is 23.9 Å². The number of primary amides is 1. The Kier molecular flexibility index (Phi) is 3.42. The summed E-state index contributed by atoms with van der Waals surface area (Å²) in [6.45, 7) is 1.17. The number of nitrogens with zero attached hydrogens (tertiary/aromatic N) is 1. The first-order valence-corrected chi connectivity index (χ1v) is 5.48. The highest BCUT2D eigenvalue weighted by atomic mass is 16.7. The molecule has 1 amide bonds. The summed E-state index contributed by atoms with van der Waals surface area (Å²) < 4.78 is 14.8. The first-order valence-electron chi connectivity index (χ1n) is 5.48. The molecule has 0 spiro atoms. The normalized spacial score (nSPS) is 13.7. The predicted octanol–water partition coefficient (Wildman–Crippen LogP) is 0.354. The van der Waals surface area contributed by atoms with Gasteiger partial charge in [0.25, 0.3) is 11.6 Å². The highest BCUT2D eigenvalue weighted by molar-refractivity contribution is 5.96. The maximum absolute atomic E-state index is 11.9. The van der Waals surface area contributed by atoms with E-state index in [1.54, 1.807) is 0 Å². The second kappa shape index (κ2) is 5.03. The zero-order chi connectivity index (χ0) is 14.9. The Morgan fingerprint density at radius 2 is 2.00 bits per heavy atom. The highest BCUT2D eigenvalue weighted by Crippen LogP contribution is 2.38. The van der Waals surface area contributed by atoms with E-state index >= 15 is 0 Å². The maximum atomic E-state index is 11.9. The molecule has 1 aromatic rings. The number of amides is 1. The summed E-state index contributed by atoms with van der Waals surface area (Å²) in [5.74, 6) is -1.55. The number of esters is 1. The predicted molar refractivity (Wildman–Crippen MR) is 63.3 cm³/mol. The number of carbonyl (C=O) groups excluding carboxylic acids is 2. The lowest BCUT2D eigenvalue weighted by atomic mass is 10.1. The number of ether oxygens (including phenoxy) is 3. The molecule has 0 unspecified atom stereocenters. The second-order valence-electron chi connectivity index (χ2n) is 3.93. The topological polar surface area (TPSA) is 131 Å². The number of fused-ring (bicyclic) bond motifs is 1. The van der Waals surface area contributed by atoms with E-state index in [0.717, 1.165) is 12.1 Å². The van der Waals surface area contributed by atoms with Crippen LogP contribution in [0.3, 0.4) is 0 Å². The second-order valence-corrected chi connectivity index (χ2v) is 3.93. The first-order chi connectivity index (χ1) is 9.40. The number of benzene rings is 1. The Labute approximate surface area is 112 Å². The van der Waals surface area contributed by atoms with Crippen LogP contribution >= 0.6 is 0 Å². The van der Waals surface area contributed by atoms with Gasteiger partial charge < -0.3 is 19.9 Å². The van der Waals surface area contributed by atoms with Crippen LogP contribution in [0.25, 0.3) is 0 Å². The van der Waals surface area contributed by atoms with Gasteiger partial charge in [-0.15, -0.1) is 0 Å². The van der Waals surface area contributed by atoms with Crippen molar-refractivity contribution in [1.29, 1.82) is 0 Å². The van der Waals surface area contributed by atoms with Crippen molar-refractivity contribution in [3.63, 3.8) is 0 Å². The number of hydrogen-bond donors (Lipinski definition) is 1. The van der Waals surface area contributed by atoms with E-state index in [0.29, 0.717) is 0 Å². The Hall–Kier alpha value is -2.84. The molecule has 20 heavy (non-hydrogen) atoms.